The molecule has 0 radical (unpaired) electrons. The van der Waals surface area contributed by atoms with Gasteiger partial charge in [0.15, 0.2) is 0 Å². The van der Waals surface area contributed by atoms with Crippen LogP contribution in [-0.2, 0) is 19.6 Å². The van der Waals surface area contributed by atoms with Gasteiger partial charge in [-0.05, 0) is 35.4 Å². The van der Waals surface area contributed by atoms with Crippen LogP contribution in [0.2, 0.25) is 0 Å². The van der Waals surface area contributed by atoms with E-state index in [-0.39, 0.29) is 5.91 Å². The number of hydrogen-bond donors (Lipinski definition) is 1. The van der Waals surface area contributed by atoms with Gasteiger partial charge in [0.05, 0.1) is 5.69 Å². The van der Waals surface area contributed by atoms with Crippen molar-refractivity contribution in [1.29, 1.82) is 0 Å². The number of hydrogen-bond acceptors (Lipinski definition) is 4. The topological polar surface area (TPSA) is 48.5 Å². The van der Waals surface area contributed by atoms with Crippen LogP contribution in [0.3, 0.4) is 0 Å². The average Bonchev–Trinajstić information content (AvgIpc) is 3.10. The van der Waals surface area contributed by atoms with Crippen molar-refractivity contribution >= 4 is 5.91 Å². The minimum Gasteiger partial charge on any atom is -0.336 e. The summed E-state index contributed by atoms with van der Waals surface area (Å²) in [6, 6.07) is 12.1. The predicted octanol–water partition coefficient (Wildman–Crippen LogP) is 1.64. The van der Waals surface area contributed by atoms with Gasteiger partial charge in [-0.25, -0.2) is 0 Å². The molecular weight excluding hydrogens is 300 g/mol. The summed E-state index contributed by atoms with van der Waals surface area (Å²) in [6.07, 6.45) is 1.83. The van der Waals surface area contributed by atoms with Crippen molar-refractivity contribution in [2.24, 2.45) is 0 Å². The monoisotopic (exact) mass is 322 g/mol. The predicted molar refractivity (Wildman–Crippen MR) is 92.4 cm³/mol. The molecule has 3 heterocycles. The summed E-state index contributed by atoms with van der Waals surface area (Å²) in [5.74, 6) is 0.155. The third kappa shape index (κ3) is 3.18. The Balaban J connectivity index is 1.36. The fourth-order valence-corrected chi connectivity index (χ4v) is 3.44. The molecule has 5 nitrogen and oxygen atoms in total. The van der Waals surface area contributed by atoms with Crippen LogP contribution < -0.4 is 5.32 Å². The second-order valence-electron chi connectivity index (χ2n) is 6.48. The molecule has 1 saturated heterocycles. The molecule has 0 spiro atoms. The van der Waals surface area contributed by atoms with Crippen molar-refractivity contribution < 1.29 is 4.79 Å². The summed E-state index contributed by atoms with van der Waals surface area (Å²) >= 11 is 0. The first-order valence-electron chi connectivity index (χ1n) is 8.54. The number of fused-ring (bicyclic) bond motifs is 1. The maximum absolute atomic E-state index is 12.7. The highest BCUT2D eigenvalue weighted by Gasteiger charge is 2.23. The van der Waals surface area contributed by atoms with Gasteiger partial charge in [0.2, 0.25) is 0 Å². The lowest BCUT2D eigenvalue weighted by atomic mass is 10.1. The minimum absolute atomic E-state index is 0.155. The van der Waals surface area contributed by atoms with Gasteiger partial charge < -0.3 is 10.2 Å². The minimum atomic E-state index is 0.155. The first-order valence-corrected chi connectivity index (χ1v) is 8.54. The fraction of sp³-hybridized carbons (Fsp3) is 0.368. The van der Waals surface area contributed by atoms with E-state index in [9.17, 15) is 4.79 Å². The van der Waals surface area contributed by atoms with E-state index < -0.39 is 0 Å². The molecule has 4 rings (SSSR count). The van der Waals surface area contributed by atoms with Gasteiger partial charge in [0.1, 0.15) is 0 Å². The van der Waals surface area contributed by atoms with Crippen molar-refractivity contribution in [3.8, 4) is 0 Å². The molecule has 1 fully saturated rings. The van der Waals surface area contributed by atoms with E-state index in [0.717, 1.165) is 57.1 Å². The Labute approximate surface area is 142 Å². The normalized spacial score (nSPS) is 17.8. The number of carbonyl (C=O) groups is 1. The van der Waals surface area contributed by atoms with Gasteiger partial charge >= 0.3 is 0 Å². The molecule has 5 heteroatoms. The van der Waals surface area contributed by atoms with Crippen LogP contribution in [0.1, 0.15) is 27.2 Å². The average molecular weight is 322 g/mol. The van der Waals surface area contributed by atoms with Crippen molar-refractivity contribution in [1.82, 2.24) is 20.1 Å². The largest absolute Gasteiger partial charge is 0.336 e. The Morgan fingerprint density at radius 1 is 1.04 bits per heavy atom. The molecule has 1 N–H and O–H groups in total. The van der Waals surface area contributed by atoms with Gasteiger partial charge in [-0.2, -0.15) is 0 Å². The van der Waals surface area contributed by atoms with E-state index >= 15 is 0 Å². The quantitative estimate of drug-likeness (QED) is 0.933. The lowest BCUT2D eigenvalue weighted by Crippen LogP contribution is -2.48. The van der Waals surface area contributed by atoms with Crippen molar-refractivity contribution in [2.45, 2.75) is 19.6 Å². The lowest BCUT2D eigenvalue weighted by Gasteiger charge is -2.34. The molecule has 0 saturated carbocycles. The zero-order valence-corrected chi connectivity index (χ0v) is 13.7. The van der Waals surface area contributed by atoms with E-state index in [4.69, 9.17) is 0 Å². The number of rotatable bonds is 3. The first kappa shape index (κ1) is 15.3. The summed E-state index contributed by atoms with van der Waals surface area (Å²) in [5.41, 5.74) is 4.47. The number of pyridine rings is 1. The molecule has 0 atom stereocenters. The number of nitrogens with one attached hydrogen (secondary N) is 1. The molecule has 2 aliphatic rings. The van der Waals surface area contributed by atoms with E-state index in [1.807, 2.05) is 29.3 Å². The van der Waals surface area contributed by atoms with Gasteiger partial charge in [-0.1, -0.05) is 12.1 Å². The van der Waals surface area contributed by atoms with Crippen LogP contribution in [0.25, 0.3) is 0 Å². The van der Waals surface area contributed by atoms with Crippen LogP contribution in [0, 0.1) is 0 Å². The Morgan fingerprint density at radius 2 is 1.88 bits per heavy atom. The van der Waals surface area contributed by atoms with Crippen molar-refractivity contribution in [3.63, 3.8) is 0 Å². The summed E-state index contributed by atoms with van der Waals surface area (Å²) in [4.78, 5) is 21.4. The number of carbonyl (C=O) groups excluding carboxylic acids is 1. The van der Waals surface area contributed by atoms with Gasteiger partial charge in [0.25, 0.3) is 5.91 Å². The summed E-state index contributed by atoms with van der Waals surface area (Å²) in [5, 5.41) is 3.32. The Morgan fingerprint density at radius 3 is 2.67 bits per heavy atom. The van der Waals surface area contributed by atoms with Gasteiger partial charge in [0, 0.05) is 57.6 Å². The molecule has 1 aromatic carbocycles. The van der Waals surface area contributed by atoms with E-state index in [1.165, 1.54) is 11.1 Å². The highest BCUT2D eigenvalue weighted by molar-refractivity contribution is 5.94. The number of piperazine rings is 1. The van der Waals surface area contributed by atoms with Crippen LogP contribution in [-0.4, -0.2) is 46.9 Å². The molecule has 0 unspecified atom stereocenters. The van der Waals surface area contributed by atoms with Gasteiger partial charge in [-0.3, -0.25) is 14.7 Å². The highest BCUT2D eigenvalue weighted by Crippen LogP contribution is 2.19. The maximum atomic E-state index is 12.7. The van der Waals surface area contributed by atoms with Crippen molar-refractivity contribution in [3.05, 3.63) is 65.0 Å². The molecule has 2 aliphatic heterocycles. The van der Waals surface area contributed by atoms with E-state index in [1.54, 1.807) is 0 Å². The van der Waals surface area contributed by atoms with Crippen LogP contribution >= 0.6 is 0 Å². The summed E-state index contributed by atoms with van der Waals surface area (Å²) in [6.45, 7) is 5.99. The smallest absolute Gasteiger partial charge is 0.253 e. The SMILES string of the molecule is O=C(c1ccc2c(c1)CNC2)N1CCN(Cc2ccccn2)CC1. The number of aromatic nitrogens is 1. The number of nitrogens with zero attached hydrogens (tertiary/aromatic N) is 3. The standard InChI is InChI=1S/C19H22N4O/c24-19(15-4-5-16-12-20-13-17(16)11-15)23-9-7-22(8-10-23)14-18-3-1-2-6-21-18/h1-6,11,20H,7-10,12-14H2. The third-order valence-electron chi connectivity index (χ3n) is 4.86. The van der Waals surface area contributed by atoms with Crippen LogP contribution in [0.4, 0.5) is 0 Å². The van der Waals surface area contributed by atoms with E-state index in [2.05, 4.69) is 33.4 Å². The van der Waals surface area contributed by atoms with Crippen LogP contribution in [0.5, 0.6) is 0 Å². The number of benzene rings is 1. The number of amides is 1. The molecule has 1 amide bonds. The molecule has 24 heavy (non-hydrogen) atoms. The summed E-state index contributed by atoms with van der Waals surface area (Å²) in [7, 11) is 0. The fourth-order valence-electron chi connectivity index (χ4n) is 3.44. The molecule has 1 aromatic heterocycles. The second kappa shape index (κ2) is 6.71. The molecular formula is C19H22N4O. The first-order chi connectivity index (χ1) is 11.8. The second-order valence-corrected chi connectivity index (χ2v) is 6.48. The zero-order valence-electron chi connectivity index (χ0n) is 13.7. The molecule has 124 valence electrons. The maximum Gasteiger partial charge on any atom is 0.253 e. The lowest BCUT2D eigenvalue weighted by molar-refractivity contribution is 0.0627. The van der Waals surface area contributed by atoms with E-state index in [0.29, 0.717) is 0 Å². The van der Waals surface area contributed by atoms with Crippen molar-refractivity contribution in [2.75, 3.05) is 26.2 Å². The molecule has 2 aromatic rings. The van der Waals surface area contributed by atoms with Gasteiger partial charge in [-0.15, -0.1) is 0 Å². The summed E-state index contributed by atoms with van der Waals surface area (Å²) < 4.78 is 0. The van der Waals surface area contributed by atoms with Crippen LogP contribution in [0.15, 0.2) is 42.6 Å². The highest BCUT2D eigenvalue weighted by atomic mass is 16.2. The molecule has 0 bridgehead atoms. The molecule has 0 aliphatic carbocycles. The Bertz CT molecular complexity index is 723. The zero-order chi connectivity index (χ0) is 16.4. The third-order valence-corrected chi connectivity index (χ3v) is 4.86. The Hall–Kier alpha value is -2.24. The Kier molecular flexibility index (Phi) is 4.28.